The zero-order chi connectivity index (χ0) is 11.8. The van der Waals surface area contributed by atoms with Crippen LogP contribution in [-0.2, 0) is 6.54 Å². The number of rotatable bonds is 4. The lowest BCUT2D eigenvalue weighted by Gasteiger charge is -2.04. The van der Waals surface area contributed by atoms with Gasteiger partial charge in [-0.3, -0.25) is 0 Å². The Bertz CT molecular complexity index is 449. The average Bonchev–Trinajstić information content (AvgIpc) is 2.30. The number of nitrogens with one attached hydrogen (secondary N) is 1. The van der Waals surface area contributed by atoms with E-state index in [-0.39, 0.29) is 5.82 Å². The molecule has 0 aromatic heterocycles. The van der Waals surface area contributed by atoms with Gasteiger partial charge in [0.05, 0.1) is 11.6 Å². The standard InChI is InChI=1S/C13H13FN2/c1-2-3-4-7-16-10-12-6-5-11(9-15)8-13(12)14/h5-6,8,16H,4,7,10H2,1H3. The second-order valence-electron chi connectivity index (χ2n) is 3.27. The van der Waals surface area contributed by atoms with Crippen molar-refractivity contribution in [2.24, 2.45) is 0 Å². The average molecular weight is 216 g/mol. The zero-order valence-corrected chi connectivity index (χ0v) is 9.18. The fourth-order valence-corrected chi connectivity index (χ4v) is 1.26. The third-order valence-corrected chi connectivity index (χ3v) is 2.10. The van der Waals surface area contributed by atoms with Gasteiger partial charge < -0.3 is 5.32 Å². The molecule has 0 unspecified atom stereocenters. The molecule has 0 radical (unpaired) electrons. The highest BCUT2D eigenvalue weighted by molar-refractivity contribution is 5.32. The van der Waals surface area contributed by atoms with Crippen LogP contribution < -0.4 is 5.32 Å². The lowest BCUT2D eigenvalue weighted by atomic mass is 10.1. The van der Waals surface area contributed by atoms with Gasteiger partial charge in [0.15, 0.2) is 0 Å². The Morgan fingerprint density at radius 1 is 1.44 bits per heavy atom. The molecule has 0 atom stereocenters. The fraction of sp³-hybridized carbons (Fsp3) is 0.308. The number of nitrogens with zero attached hydrogens (tertiary/aromatic N) is 1. The van der Waals surface area contributed by atoms with E-state index in [2.05, 4.69) is 17.2 Å². The van der Waals surface area contributed by atoms with Crippen molar-refractivity contribution < 1.29 is 4.39 Å². The second kappa shape index (κ2) is 6.61. The van der Waals surface area contributed by atoms with E-state index < -0.39 is 0 Å². The number of benzene rings is 1. The number of hydrogen-bond donors (Lipinski definition) is 1. The topological polar surface area (TPSA) is 35.8 Å². The molecular weight excluding hydrogens is 203 g/mol. The number of hydrogen-bond acceptors (Lipinski definition) is 2. The lowest BCUT2D eigenvalue weighted by Crippen LogP contribution is -2.15. The van der Waals surface area contributed by atoms with Crippen LogP contribution in [0.2, 0.25) is 0 Å². The SMILES string of the molecule is CC#CCCNCc1ccc(C#N)cc1F. The van der Waals surface area contributed by atoms with E-state index in [0.717, 1.165) is 13.0 Å². The second-order valence-corrected chi connectivity index (χ2v) is 3.27. The molecule has 0 saturated heterocycles. The van der Waals surface area contributed by atoms with Crippen LogP contribution in [0.15, 0.2) is 18.2 Å². The highest BCUT2D eigenvalue weighted by Gasteiger charge is 2.02. The molecule has 1 aromatic carbocycles. The van der Waals surface area contributed by atoms with Gasteiger partial charge in [0.2, 0.25) is 0 Å². The summed E-state index contributed by atoms with van der Waals surface area (Å²) >= 11 is 0. The number of nitriles is 1. The van der Waals surface area contributed by atoms with Crippen LogP contribution in [0.5, 0.6) is 0 Å². The van der Waals surface area contributed by atoms with E-state index in [9.17, 15) is 4.39 Å². The molecule has 16 heavy (non-hydrogen) atoms. The van der Waals surface area contributed by atoms with Crippen molar-refractivity contribution in [2.45, 2.75) is 19.9 Å². The first-order valence-electron chi connectivity index (χ1n) is 5.06. The molecule has 0 aliphatic heterocycles. The molecule has 0 saturated carbocycles. The Labute approximate surface area is 95.1 Å². The molecule has 3 heteroatoms. The Hall–Kier alpha value is -1.84. The van der Waals surface area contributed by atoms with Crippen molar-refractivity contribution in [2.75, 3.05) is 6.54 Å². The maximum absolute atomic E-state index is 13.4. The van der Waals surface area contributed by atoms with Crippen LogP contribution in [0.1, 0.15) is 24.5 Å². The third-order valence-electron chi connectivity index (χ3n) is 2.10. The minimum absolute atomic E-state index is 0.340. The van der Waals surface area contributed by atoms with E-state index >= 15 is 0 Å². The molecule has 1 rings (SSSR count). The molecule has 0 amide bonds. The summed E-state index contributed by atoms with van der Waals surface area (Å²) in [5.41, 5.74) is 0.918. The molecule has 0 spiro atoms. The summed E-state index contributed by atoms with van der Waals surface area (Å²) < 4.78 is 13.4. The summed E-state index contributed by atoms with van der Waals surface area (Å²) in [7, 11) is 0. The first-order valence-corrected chi connectivity index (χ1v) is 5.06. The van der Waals surface area contributed by atoms with E-state index in [0.29, 0.717) is 17.7 Å². The fourth-order valence-electron chi connectivity index (χ4n) is 1.26. The van der Waals surface area contributed by atoms with Crippen LogP contribution in [0.25, 0.3) is 0 Å². The van der Waals surface area contributed by atoms with E-state index in [1.807, 2.05) is 6.07 Å². The monoisotopic (exact) mass is 216 g/mol. The molecule has 0 fully saturated rings. The normalized spacial score (nSPS) is 9.06. The van der Waals surface area contributed by atoms with Crippen LogP contribution >= 0.6 is 0 Å². The van der Waals surface area contributed by atoms with Crippen LogP contribution in [-0.4, -0.2) is 6.54 Å². The maximum atomic E-state index is 13.4. The Kier molecular flexibility index (Phi) is 5.05. The van der Waals surface area contributed by atoms with Gasteiger partial charge in [-0.15, -0.1) is 11.8 Å². The molecule has 82 valence electrons. The van der Waals surface area contributed by atoms with Gasteiger partial charge in [-0.1, -0.05) is 6.07 Å². The first kappa shape index (κ1) is 12.2. The Morgan fingerprint density at radius 3 is 2.88 bits per heavy atom. The van der Waals surface area contributed by atoms with E-state index in [1.54, 1.807) is 19.1 Å². The summed E-state index contributed by atoms with van der Waals surface area (Å²) in [6.07, 6.45) is 0.758. The molecule has 0 bridgehead atoms. The predicted molar refractivity (Wildman–Crippen MR) is 60.9 cm³/mol. The van der Waals surface area contributed by atoms with Gasteiger partial charge in [0, 0.05) is 25.1 Å². The van der Waals surface area contributed by atoms with Gasteiger partial charge in [0.25, 0.3) is 0 Å². The van der Waals surface area contributed by atoms with Gasteiger partial charge in [0.1, 0.15) is 5.82 Å². The lowest BCUT2D eigenvalue weighted by molar-refractivity contribution is 0.590. The van der Waals surface area contributed by atoms with Crippen LogP contribution in [0.3, 0.4) is 0 Å². The predicted octanol–water partition coefficient (Wildman–Crippen LogP) is 2.20. The maximum Gasteiger partial charge on any atom is 0.129 e. The third kappa shape index (κ3) is 3.73. The molecular formula is C13H13FN2. The van der Waals surface area contributed by atoms with Gasteiger partial charge in [-0.2, -0.15) is 5.26 Å². The molecule has 0 heterocycles. The van der Waals surface area contributed by atoms with Crippen molar-refractivity contribution in [1.29, 1.82) is 5.26 Å². The Morgan fingerprint density at radius 2 is 2.25 bits per heavy atom. The van der Waals surface area contributed by atoms with E-state index in [1.165, 1.54) is 6.07 Å². The smallest absolute Gasteiger partial charge is 0.129 e. The summed E-state index contributed by atoms with van der Waals surface area (Å²) in [6.45, 7) is 2.99. The van der Waals surface area contributed by atoms with Crippen molar-refractivity contribution >= 4 is 0 Å². The molecule has 0 aliphatic carbocycles. The first-order chi connectivity index (χ1) is 7.77. The van der Waals surface area contributed by atoms with Gasteiger partial charge in [-0.05, 0) is 19.1 Å². The molecule has 1 aromatic rings. The minimum Gasteiger partial charge on any atom is -0.312 e. The summed E-state index contributed by atoms with van der Waals surface area (Å²) in [4.78, 5) is 0. The number of halogens is 1. The van der Waals surface area contributed by atoms with Crippen LogP contribution in [0, 0.1) is 29.0 Å². The Balaban J connectivity index is 2.48. The van der Waals surface area contributed by atoms with Crippen molar-refractivity contribution in [3.05, 3.63) is 35.1 Å². The largest absolute Gasteiger partial charge is 0.312 e. The summed E-state index contributed by atoms with van der Waals surface area (Å²) in [5.74, 6) is 5.37. The molecule has 2 nitrogen and oxygen atoms in total. The van der Waals surface area contributed by atoms with Gasteiger partial charge in [-0.25, -0.2) is 4.39 Å². The van der Waals surface area contributed by atoms with E-state index in [4.69, 9.17) is 5.26 Å². The van der Waals surface area contributed by atoms with Gasteiger partial charge >= 0.3 is 0 Å². The summed E-state index contributed by atoms with van der Waals surface area (Å²) in [5, 5.41) is 11.7. The van der Waals surface area contributed by atoms with Crippen molar-refractivity contribution in [3.63, 3.8) is 0 Å². The minimum atomic E-state index is -0.340. The highest BCUT2D eigenvalue weighted by atomic mass is 19.1. The highest BCUT2D eigenvalue weighted by Crippen LogP contribution is 2.09. The van der Waals surface area contributed by atoms with Crippen LogP contribution in [0.4, 0.5) is 4.39 Å². The molecule has 0 aliphatic rings. The van der Waals surface area contributed by atoms with Crippen molar-refractivity contribution in [3.8, 4) is 17.9 Å². The van der Waals surface area contributed by atoms with Crippen molar-refractivity contribution in [1.82, 2.24) is 5.32 Å². The molecule has 1 N–H and O–H groups in total. The summed E-state index contributed by atoms with van der Waals surface area (Å²) in [6, 6.07) is 6.40. The zero-order valence-electron chi connectivity index (χ0n) is 9.18. The quantitative estimate of drug-likeness (QED) is 0.618.